The number of benzene rings is 2. The Labute approximate surface area is 215 Å². The SMILES string of the molecule is CCCOc1ccc([C@@H]2C(=C(O)c3ccc(OC)cc3)C(=O)C(=O)N2CCCn2ccnc2)cc1OC. The quantitative estimate of drug-likeness (QED) is 0.237. The third kappa shape index (κ3) is 5.45. The van der Waals surface area contributed by atoms with Crippen LogP contribution in [0.3, 0.4) is 0 Å². The molecule has 1 saturated heterocycles. The molecule has 0 radical (unpaired) electrons. The minimum Gasteiger partial charge on any atom is -0.507 e. The minimum atomic E-state index is -0.793. The molecule has 1 amide bonds. The van der Waals surface area contributed by atoms with Crippen molar-refractivity contribution in [3.05, 3.63) is 77.9 Å². The lowest BCUT2D eigenvalue weighted by Crippen LogP contribution is -2.31. The molecule has 3 aromatic rings. The van der Waals surface area contributed by atoms with E-state index in [1.165, 1.54) is 12.0 Å². The van der Waals surface area contributed by atoms with Gasteiger partial charge in [-0.3, -0.25) is 9.59 Å². The smallest absolute Gasteiger partial charge is 0.295 e. The molecule has 4 rings (SSSR count). The lowest BCUT2D eigenvalue weighted by atomic mass is 9.95. The molecule has 2 heterocycles. The monoisotopic (exact) mass is 505 g/mol. The molecule has 1 aromatic heterocycles. The number of likely N-dealkylation sites (tertiary alicyclic amines) is 1. The van der Waals surface area contributed by atoms with Crippen LogP contribution < -0.4 is 14.2 Å². The molecule has 0 unspecified atom stereocenters. The molecule has 1 aliphatic rings. The predicted octanol–water partition coefficient (Wildman–Crippen LogP) is 4.20. The van der Waals surface area contributed by atoms with Crippen LogP contribution in [0.5, 0.6) is 17.2 Å². The fraction of sp³-hybridized carbons (Fsp3) is 0.321. The van der Waals surface area contributed by atoms with Crippen LogP contribution in [0, 0.1) is 0 Å². The lowest BCUT2D eigenvalue weighted by molar-refractivity contribution is -0.139. The Morgan fingerprint density at radius 2 is 1.81 bits per heavy atom. The number of imidazole rings is 1. The van der Waals surface area contributed by atoms with Gasteiger partial charge in [-0.25, -0.2) is 4.98 Å². The number of methoxy groups -OCH3 is 2. The van der Waals surface area contributed by atoms with Crippen LogP contribution in [0.1, 0.15) is 36.9 Å². The molecule has 1 N–H and O–H groups in total. The number of aliphatic hydroxyl groups excluding tert-OH is 1. The van der Waals surface area contributed by atoms with E-state index in [2.05, 4.69) is 4.98 Å². The van der Waals surface area contributed by atoms with Crippen molar-refractivity contribution >= 4 is 17.4 Å². The Morgan fingerprint density at radius 1 is 1.03 bits per heavy atom. The van der Waals surface area contributed by atoms with Crippen molar-refractivity contribution in [1.82, 2.24) is 14.5 Å². The molecule has 0 saturated carbocycles. The maximum Gasteiger partial charge on any atom is 0.295 e. The van der Waals surface area contributed by atoms with Crippen LogP contribution >= 0.6 is 0 Å². The van der Waals surface area contributed by atoms with Gasteiger partial charge in [0.25, 0.3) is 11.7 Å². The molecule has 37 heavy (non-hydrogen) atoms. The van der Waals surface area contributed by atoms with Gasteiger partial charge < -0.3 is 28.8 Å². The van der Waals surface area contributed by atoms with Crippen molar-refractivity contribution in [3.8, 4) is 17.2 Å². The Bertz CT molecular complexity index is 1270. The van der Waals surface area contributed by atoms with Crippen LogP contribution in [-0.4, -0.2) is 58.6 Å². The normalized spacial score (nSPS) is 16.7. The molecule has 1 atom stereocenters. The maximum atomic E-state index is 13.3. The van der Waals surface area contributed by atoms with Gasteiger partial charge >= 0.3 is 0 Å². The highest BCUT2D eigenvalue weighted by molar-refractivity contribution is 6.46. The number of ether oxygens (including phenoxy) is 3. The summed E-state index contributed by atoms with van der Waals surface area (Å²) in [5, 5.41) is 11.3. The number of aromatic nitrogens is 2. The summed E-state index contributed by atoms with van der Waals surface area (Å²) in [6, 6.07) is 11.2. The first kappa shape index (κ1) is 25.8. The first-order valence-corrected chi connectivity index (χ1v) is 12.2. The first-order valence-electron chi connectivity index (χ1n) is 12.2. The molecule has 194 valence electrons. The summed E-state index contributed by atoms with van der Waals surface area (Å²) in [6.07, 6.45) is 6.67. The summed E-state index contributed by atoms with van der Waals surface area (Å²) >= 11 is 0. The number of carbonyl (C=O) groups is 2. The first-order chi connectivity index (χ1) is 18.0. The van der Waals surface area contributed by atoms with Gasteiger partial charge in [0, 0.05) is 31.0 Å². The van der Waals surface area contributed by atoms with Crippen LogP contribution in [0.15, 0.2) is 66.8 Å². The van der Waals surface area contributed by atoms with Gasteiger partial charge in [-0.15, -0.1) is 0 Å². The maximum absolute atomic E-state index is 13.3. The molecule has 0 aliphatic carbocycles. The van der Waals surface area contributed by atoms with Crippen molar-refractivity contribution in [2.45, 2.75) is 32.4 Å². The van der Waals surface area contributed by atoms with E-state index in [1.807, 2.05) is 17.7 Å². The number of carbonyl (C=O) groups excluding carboxylic acids is 2. The third-order valence-corrected chi connectivity index (χ3v) is 6.24. The van der Waals surface area contributed by atoms with E-state index in [0.29, 0.717) is 54.5 Å². The summed E-state index contributed by atoms with van der Waals surface area (Å²) in [4.78, 5) is 32.1. The van der Waals surface area contributed by atoms with Crippen LogP contribution in [0.2, 0.25) is 0 Å². The highest BCUT2D eigenvalue weighted by atomic mass is 16.5. The number of hydrogen-bond donors (Lipinski definition) is 1. The summed E-state index contributed by atoms with van der Waals surface area (Å²) in [5.41, 5.74) is 1.08. The zero-order valence-corrected chi connectivity index (χ0v) is 21.2. The molecule has 1 fully saturated rings. The van der Waals surface area contributed by atoms with Crippen molar-refractivity contribution in [1.29, 1.82) is 0 Å². The van der Waals surface area contributed by atoms with E-state index in [1.54, 1.807) is 62.1 Å². The Hall–Kier alpha value is -4.27. The van der Waals surface area contributed by atoms with E-state index in [4.69, 9.17) is 14.2 Å². The van der Waals surface area contributed by atoms with Crippen molar-refractivity contribution < 1.29 is 28.9 Å². The second-order valence-electron chi connectivity index (χ2n) is 8.63. The predicted molar refractivity (Wildman–Crippen MR) is 138 cm³/mol. The standard InChI is InChI=1S/C28H31N3O6/c1-4-16-37-22-11-8-20(17-23(22)36-3)25-24(26(32)19-6-9-21(35-2)10-7-19)27(33)28(34)31(25)14-5-13-30-15-12-29-18-30/h6-12,15,17-18,25,32H,4-5,13-14,16H2,1-3H3/t25-/m1/s1. The Kier molecular flexibility index (Phi) is 8.12. The summed E-state index contributed by atoms with van der Waals surface area (Å²) < 4.78 is 18.4. The largest absolute Gasteiger partial charge is 0.507 e. The molecule has 0 spiro atoms. The number of amides is 1. The lowest BCUT2D eigenvalue weighted by Gasteiger charge is -2.26. The van der Waals surface area contributed by atoms with E-state index < -0.39 is 17.7 Å². The number of hydrogen-bond acceptors (Lipinski definition) is 7. The average molecular weight is 506 g/mol. The van der Waals surface area contributed by atoms with Gasteiger partial charge in [0.05, 0.1) is 38.8 Å². The van der Waals surface area contributed by atoms with E-state index in [9.17, 15) is 14.7 Å². The van der Waals surface area contributed by atoms with Crippen LogP contribution in [0.4, 0.5) is 0 Å². The molecule has 9 nitrogen and oxygen atoms in total. The summed E-state index contributed by atoms with van der Waals surface area (Å²) in [7, 11) is 3.09. The number of aryl methyl sites for hydroxylation is 1. The van der Waals surface area contributed by atoms with Crippen LogP contribution in [-0.2, 0) is 16.1 Å². The number of Topliss-reactive ketones (excluding diaryl/α,β-unsaturated/α-hetero) is 1. The average Bonchev–Trinajstić information content (AvgIpc) is 3.54. The summed E-state index contributed by atoms with van der Waals surface area (Å²) in [5.74, 6) is 0.0377. The second-order valence-corrected chi connectivity index (χ2v) is 8.63. The fourth-order valence-electron chi connectivity index (χ4n) is 4.39. The zero-order valence-electron chi connectivity index (χ0n) is 21.2. The fourth-order valence-corrected chi connectivity index (χ4v) is 4.39. The molecular weight excluding hydrogens is 474 g/mol. The minimum absolute atomic E-state index is 0.0297. The Balaban J connectivity index is 1.75. The highest BCUT2D eigenvalue weighted by Crippen LogP contribution is 2.42. The van der Waals surface area contributed by atoms with Crippen molar-refractivity contribution in [2.75, 3.05) is 27.4 Å². The van der Waals surface area contributed by atoms with Gasteiger partial charge in [-0.2, -0.15) is 0 Å². The third-order valence-electron chi connectivity index (χ3n) is 6.24. The topological polar surface area (TPSA) is 103 Å². The number of ketones is 1. The highest BCUT2D eigenvalue weighted by Gasteiger charge is 2.46. The van der Waals surface area contributed by atoms with Crippen molar-refractivity contribution in [2.24, 2.45) is 0 Å². The summed E-state index contributed by atoms with van der Waals surface area (Å²) in [6.45, 7) is 3.47. The molecule has 0 bridgehead atoms. The number of nitrogens with zero attached hydrogens (tertiary/aromatic N) is 3. The molecule has 2 aromatic carbocycles. The van der Waals surface area contributed by atoms with Gasteiger partial charge in [-0.05, 0) is 54.8 Å². The molecular formula is C28H31N3O6. The molecule has 1 aliphatic heterocycles. The second kappa shape index (κ2) is 11.6. The van der Waals surface area contributed by atoms with Gasteiger partial charge in [0.2, 0.25) is 0 Å². The number of rotatable bonds is 11. The van der Waals surface area contributed by atoms with E-state index in [-0.39, 0.29) is 11.3 Å². The van der Waals surface area contributed by atoms with E-state index >= 15 is 0 Å². The van der Waals surface area contributed by atoms with Crippen molar-refractivity contribution in [3.63, 3.8) is 0 Å². The van der Waals surface area contributed by atoms with Crippen LogP contribution in [0.25, 0.3) is 5.76 Å². The van der Waals surface area contributed by atoms with Gasteiger partial charge in [0.1, 0.15) is 11.5 Å². The number of aliphatic hydroxyl groups is 1. The van der Waals surface area contributed by atoms with Gasteiger partial charge in [0.15, 0.2) is 11.5 Å². The Morgan fingerprint density at radius 3 is 2.46 bits per heavy atom. The van der Waals surface area contributed by atoms with Gasteiger partial charge in [-0.1, -0.05) is 13.0 Å². The molecule has 9 heteroatoms. The zero-order chi connectivity index (χ0) is 26.4. The van der Waals surface area contributed by atoms with E-state index in [0.717, 1.165) is 6.42 Å².